The Morgan fingerprint density at radius 3 is 2.13 bits per heavy atom. The summed E-state index contributed by atoms with van der Waals surface area (Å²) in [7, 11) is 0. The molecule has 0 radical (unpaired) electrons. The van der Waals surface area contributed by atoms with Gasteiger partial charge in [0, 0.05) is 17.1 Å². The number of carbonyl (C=O) groups is 2. The minimum absolute atomic E-state index is 0.0591. The first-order valence-electron chi connectivity index (χ1n) is 7.49. The molecular formula is C17H24BrNO4. The Balaban J connectivity index is 3.00. The van der Waals surface area contributed by atoms with Gasteiger partial charge in [0.2, 0.25) is 0 Å². The van der Waals surface area contributed by atoms with Gasteiger partial charge in [0.15, 0.2) is 0 Å². The number of benzene rings is 1. The van der Waals surface area contributed by atoms with E-state index in [0.717, 1.165) is 4.47 Å². The summed E-state index contributed by atoms with van der Waals surface area (Å²) in [5.74, 6) is -1.78. The van der Waals surface area contributed by atoms with Crippen molar-refractivity contribution in [1.82, 2.24) is 4.90 Å². The molecule has 1 aromatic carbocycles. The Labute approximate surface area is 145 Å². The van der Waals surface area contributed by atoms with Crippen LogP contribution in [-0.4, -0.2) is 40.3 Å². The number of nitrogens with zero attached hydrogens (tertiary/aromatic N) is 1. The molecule has 0 aromatic heterocycles. The number of amides is 1. The molecule has 1 unspecified atom stereocenters. The molecule has 128 valence electrons. The number of aliphatic carboxylic acids is 1. The molecule has 0 heterocycles. The molecule has 6 heteroatoms. The topological polar surface area (TPSA) is 66.8 Å². The number of carboxylic acid groups (broad SMARTS) is 1. The van der Waals surface area contributed by atoms with Crippen LogP contribution in [0.1, 0.15) is 46.1 Å². The van der Waals surface area contributed by atoms with Gasteiger partial charge in [-0.2, -0.15) is 0 Å². The second-order valence-electron chi connectivity index (χ2n) is 6.67. The van der Waals surface area contributed by atoms with Gasteiger partial charge in [-0.3, -0.25) is 4.79 Å². The van der Waals surface area contributed by atoms with Crippen molar-refractivity contribution >= 4 is 28.0 Å². The predicted molar refractivity (Wildman–Crippen MR) is 92.6 cm³/mol. The van der Waals surface area contributed by atoms with E-state index in [4.69, 9.17) is 4.74 Å². The van der Waals surface area contributed by atoms with Gasteiger partial charge in [0.1, 0.15) is 5.60 Å². The van der Waals surface area contributed by atoms with Crippen molar-refractivity contribution in [1.29, 1.82) is 0 Å². The lowest BCUT2D eigenvalue weighted by Gasteiger charge is -2.32. The summed E-state index contributed by atoms with van der Waals surface area (Å²) >= 11 is 3.33. The monoisotopic (exact) mass is 385 g/mol. The van der Waals surface area contributed by atoms with Crippen molar-refractivity contribution in [3.05, 3.63) is 34.3 Å². The van der Waals surface area contributed by atoms with Crippen molar-refractivity contribution in [2.75, 3.05) is 6.54 Å². The van der Waals surface area contributed by atoms with Crippen LogP contribution in [0.4, 0.5) is 4.79 Å². The van der Waals surface area contributed by atoms with E-state index in [1.54, 1.807) is 45.0 Å². The highest BCUT2D eigenvalue weighted by molar-refractivity contribution is 9.10. The lowest BCUT2D eigenvalue weighted by atomic mass is 9.98. The van der Waals surface area contributed by atoms with Crippen molar-refractivity contribution in [2.45, 2.75) is 52.2 Å². The molecule has 0 saturated carbocycles. The molecule has 5 nitrogen and oxygen atoms in total. The zero-order valence-electron chi connectivity index (χ0n) is 14.2. The summed E-state index contributed by atoms with van der Waals surface area (Å²) in [6.45, 7) is 9.09. The van der Waals surface area contributed by atoms with E-state index in [1.807, 2.05) is 13.8 Å². The average molecular weight is 386 g/mol. The fourth-order valence-electron chi connectivity index (χ4n) is 2.03. The van der Waals surface area contributed by atoms with E-state index in [-0.39, 0.29) is 12.6 Å². The molecule has 1 rings (SSSR count). The van der Waals surface area contributed by atoms with Gasteiger partial charge in [-0.1, -0.05) is 28.1 Å². The average Bonchev–Trinajstić information content (AvgIpc) is 2.38. The van der Waals surface area contributed by atoms with E-state index >= 15 is 0 Å². The smallest absolute Gasteiger partial charge is 0.410 e. The molecule has 1 atom stereocenters. The molecular weight excluding hydrogens is 362 g/mol. The van der Waals surface area contributed by atoms with Crippen LogP contribution in [0.15, 0.2) is 28.7 Å². The molecule has 0 spiro atoms. The second-order valence-corrected chi connectivity index (χ2v) is 7.58. The number of ether oxygens (including phenoxy) is 1. The summed E-state index contributed by atoms with van der Waals surface area (Å²) < 4.78 is 6.26. The van der Waals surface area contributed by atoms with E-state index in [1.165, 1.54) is 4.90 Å². The van der Waals surface area contributed by atoms with Crippen LogP contribution >= 0.6 is 15.9 Å². The summed E-state index contributed by atoms with van der Waals surface area (Å²) in [6.07, 6.45) is -0.504. The number of carbonyl (C=O) groups excluding carboxylic acids is 1. The second kappa shape index (κ2) is 7.81. The van der Waals surface area contributed by atoms with Gasteiger partial charge < -0.3 is 14.7 Å². The number of hydrogen-bond acceptors (Lipinski definition) is 3. The molecule has 1 aromatic rings. The summed E-state index contributed by atoms with van der Waals surface area (Å²) in [5, 5.41) is 9.55. The van der Waals surface area contributed by atoms with Gasteiger partial charge >= 0.3 is 12.1 Å². The van der Waals surface area contributed by atoms with E-state index in [0.29, 0.717) is 5.56 Å². The van der Waals surface area contributed by atoms with Crippen molar-refractivity contribution in [2.24, 2.45) is 0 Å². The first-order chi connectivity index (χ1) is 10.5. The van der Waals surface area contributed by atoms with Crippen molar-refractivity contribution in [3.63, 3.8) is 0 Å². The Bertz CT molecular complexity index is 549. The summed E-state index contributed by atoms with van der Waals surface area (Å²) in [6, 6.07) is 6.91. The molecule has 1 amide bonds. The molecule has 0 aliphatic carbocycles. The van der Waals surface area contributed by atoms with Crippen LogP contribution in [0.25, 0.3) is 0 Å². The van der Waals surface area contributed by atoms with Gasteiger partial charge in [0.05, 0.1) is 5.92 Å². The molecule has 0 aliphatic heterocycles. The van der Waals surface area contributed by atoms with Gasteiger partial charge in [0.25, 0.3) is 0 Å². The Hall–Kier alpha value is -1.56. The standard InChI is InChI=1S/C17H24BrNO4/c1-11(2)19(16(22)23-17(3,4)5)10-14(15(20)21)12-6-8-13(18)9-7-12/h6-9,11,14H,10H2,1-5H3,(H,20,21). The summed E-state index contributed by atoms with van der Waals surface area (Å²) in [5.41, 5.74) is 0.0236. The zero-order chi connectivity index (χ0) is 17.8. The van der Waals surface area contributed by atoms with E-state index < -0.39 is 23.6 Å². The number of hydrogen-bond donors (Lipinski definition) is 1. The van der Waals surface area contributed by atoms with Crippen LogP contribution in [-0.2, 0) is 9.53 Å². The highest BCUT2D eigenvalue weighted by atomic mass is 79.9. The highest BCUT2D eigenvalue weighted by Gasteiger charge is 2.30. The van der Waals surface area contributed by atoms with Crippen LogP contribution in [0.5, 0.6) is 0 Å². The van der Waals surface area contributed by atoms with E-state index in [2.05, 4.69) is 15.9 Å². The van der Waals surface area contributed by atoms with Crippen LogP contribution in [0.3, 0.4) is 0 Å². The third-order valence-electron chi connectivity index (χ3n) is 3.20. The Morgan fingerprint density at radius 2 is 1.74 bits per heavy atom. The normalized spacial score (nSPS) is 12.8. The molecule has 0 saturated heterocycles. The first kappa shape index (κ1) is 19.5. The molecule has 0 aliphatic rings. The molecule has 0 fully saturated rings. The number of rotatable bonds is 5. The summed E-state index contributed by atoms with van der Waals surface area (Å²) in [4.78, 5) is 25.5. The lowest BCUT2D eigenvalue weighted by Crippen LogP contribution is -2.44. The third kappa shape index (κ3) is 6.22. The number of halogens is 1. The van der Waals surface area contributed by atoms with Crippen LogP contribution < -0.4 is 0 Å². The Kier molecular flexibility index (Phi) is 6.62. The van der Waals surface area contributed by atoms with Crippen molar-refractivity contribution in [3.8, 4) is 0 Å². The van der Waals surface area contributed by atoms with E-state index in [9.17, 15) is 14.7 Å². The fourth-order valence-corrected chi connectivity index (χ4v) is 2.30. The lowest BCUT2D eigenvalue weighted by molar-refractivity contribution is -0.139. The molecule has 0 bridgehead atoms. The van der Waals surface area contributed by atoms with Crippen molar-refractivity contribution < 1.29 is 19.4 Å². The highest BCUT2D eigenvalue weighted by Crippen LogP contribution is 2.22. The minimum atomic E-state index is -0.971. The van der Waals surface area contributed by atoms with Crippen LogP contribution in [0, 0.1) is 0 Å². The zero-order valence-corrected chi connectivity index (χ0v) is 15.8. The maximum Gasteiger partial charge on any atom is 0.410 e. The number of carboxylic acids is 1. The minimum Gasteiger partial charge on any atom is -0.481 e. The SMILES string of the molecule is CC(C)N(CC(C(=O)O)c1ccc(Br)cc1)C(=O)OC(C)(C)C. The quantitative estimate of drug-likeness (QED) is 0.821. The van der Waals surface area contributed by atoms with Gasteiger partial charge in [-0.25, -0.2) is 4.79 Å². The van der Waals surface area contributed by atoms with Gasteiger partial charge in [-0.05, 0) is 52.3 Å². The third-order valence-corrected chi connectivity index (χ3v) is 3.73. The predicted octanol–water partition coefficient (Wildman–Crippen LogP) is 4.26. The fraction of sp³-hybridized carbons (Fsp3) is 0.529. The largest absolute Gasteiger partial charge is 0.481 e. The van der Waals surface area contributed by atoms with Crippen LogP contribution in [0.2, 0.25) is 0 Å². The van der Waals surface area contributed by atoms with Gasteiger partial charge in [-0.15, -0.1) is 0 Å². The maximum atomic E-state index is 12.3. The first-order valence-corrected chi connectivity index (χ1v) is 8.28. The molecule has 23 heavy (non-hydrogen) atoms. The maximum absolute atomic E-state index is 12.3. The molecule has 1 N–H and O–H groups in total. The Morgan fingerprint density at radius 1 is 1.22 bits per heavy atom.